The second-order valence-corrected chi connectivity index (χ2v) is 4.84. The van der Waals surface area contributed by atoms with Crippen LogP contribution in [0.5, 0.6) is 0 Å². The molecule has 0 saturated heterocycles. The molecular formula is C13H20FNO. The number of rotatable bonds is 5. The van der Waals surface area contributed by atoms with E-state index >= 15 is 0 Å². The van der Waals surface area contributed by atoms with E-state index in [0.717, 1.165) is 5.56 Å². The highest BCUT2D eigenvalue weighted by molar-refractivity contribution is 5.18. The summed E-state index contributed by atoms with van der Waals surface area (Å²) in [6.45, 7) is 6.31. The van der Waals surface area contributed by atoms with Crippen molar-refractivity contribution in [1.82, 2.24) is 5.32 Å². The highest BCUT2D eigenvalue weighted by atomic mass is 19.1. The summed E-state index contributed by atoms with van der Waals surface area (Å²) >= 11 is 0. The van der Waals surface area contributed by atoms with Crippen molar-refractivity contribution in [2.24, 2.45) is 0 Å². The molecule has 2 N–H and O–H groups in total. The fourth-order valence-corrected chi connectivity index (χ4v) is 1.57. The van der Waals surface area contributed by atoms with Gasteiger partial charge in [0.1, 0.15) is 5.82 Å². The first-order valence-electron chi connectivity index (χ1n) is 5.59. The van der Waals surface area contributed by atoms with Gasteiger partial charge in [0, 0.05) is 19.0 Å². The zero-order valence-corrected chi connectivity index (χ0v) is 10.1. The van der Waals surface area contributed by atoms with Crippen LogP contribution < -0.4 is 5.32 Å². The third-order valence-corrected chi connectivity index (χ3v) is 2.37. The Morgan fingerprint density at radius 1 is 1.44 bits per heavy atom. The number of halogens is 1. The zero-order chi connectivity index (χ0) is 12.2. The quantitative estimate of drug-likeness (QED) is 0.804. The molecule has 0 aliphatic heterocycles. The monoisotopic (exact) mass is 225 g/mol. The van der Waals surface area contributed by atoms with Gasteiger partial charge in [0.25, 0.3) is 0 Å². The predicted molar refractivity (Wildman–Crippen MR) is 63.9 cm³/mol. The summed E-state index contributed by atoms with van der Waals surface area (Å²) in [7, 11) is 0. The van der Waals surface area contributed by atoms with Crippen LogP contribution >= 0.6 is 0 Å². The number of benzene rings is 1. The number of nitrogens with one attached hydrogen (secondary N) is 1. The van der Waals surface area contributed by atoms with Crippen molar-refractivity contribution in [3.8, 4) is 0 Å². The minimum atomic E-state index is -0.849. The van der Waals surface area contributed by atoms with Gasteiger partial charge in [-0.15, -0.1) is 0 Å². The van der Waals surface area contributed by atoms with Crippen molar-refractivity contribution in [3.05, 3.63) is 35.6 Å². The third-order valence-electron chi connectivity index (χ3n) is 2.37. The Balaban J connectivity index is 2.58. The smallest absolute Gasteiger partial charge is 0.123 e. The van der Waals surface area contributed by atoms with Crippen LogP contribution in [-0.4, -0.2) is 23.3 Å². The Labute approximate surface area is 96.5 Å². The first-order valence-corrected chi connectivity index (χ1v) is 5.59. The Bertz CT molecular complexity index is 336. The van der Waals surface area contributed by atoms with Gasteiger partial charge >= 0.3 is 0 Å². The molecule has 0 aliphatic carbocycles. The Hall–Kier alpha value is -0.930. The van der Waals surface area contributed by atoms with Gasteiger partial charge in [-0.2, -0.15) is 0 Å². The van der Waals surface area contributed by atoms with Gasteiger partial charge < -0.3 is 10.4 Å². The SMILES string of the molecule is CC(C)NCC(C)(O)Cc1cccc(F)c1. The molecule has 0 heterocycles. The average molecular weight is 225 g/mol. The molecule has 0 saturated carbocycles. The standard InChI is InChI=1S/C13H20FNO/c1-10(2)15-9-13(3,16)8-11-5-4-6-12(14)7-11/h4-7,10,15-16H,8-9H2,1-3H3. The molecule has 0 radical (unpaired) electrons. The molecule has 0 bridgehead atoms. The van der Waals surface area contributed by atoms with Crippen molar-refractivity contribution >= 4 is 0 Å². The Kier molecular flexibility index (Phi) is 4.44. The minimum absolute atomic E-state index is 0.259. The summed E-state index contributed by atoms with van der Waals surface area (Å²) in [5.74, 6) is -0.259. The molecule has 0 amide bonds. The van der Waals surface area contributed by atoms with E-state index in [-0.39, 0.29) is 5.82 Å². The Morgan fingerprint density at radius 3 is 2.69 bits per heavy atom. The van der Waals surface area contributed by atoms with Crippen LogP contribution in [0.15, 0.2) is 24.3 Å². The average Bonchev–Trinajstić information content (AvgIpc) is 2.14. The van der Waals surface area contributed by atoms with Crippen molar-refractivity contribution in [1.29, 1.82) is 0 Å². The predicted octanol–water partition coefficient (Wildman–Crippen LogP) is 2.12. The fourth-order valence-electron chi connectivity index (χ4n) is 1.57. The molecule has 16 heavy (non-hydrogen) atoms. The number of aliphatic hydroxyl groups is 1. The lowest BCUT2D eigenvalue weighted by Crippen LogP contribution is -2.42. The molecule has 0 spiro atoms. The van der Waals surface area contributed by atoms with E-state index < -0.39 is 5.60 Å². The molecule has 1 aromatic carbocycles. The van der Waals surface area contributed by atoms with E-state index in [1.165, 1.54) is 12.1 Å². The maximum atomic E-state index is 13.0. The van der Waals surface area contributed by atoms with E-state index in [9.17, 15) is 9.50 Å². The molecule has 2 nitrogen and oxygen atoms in total. The van der Waals surface area contributed by atoms with Crippen molar-refractivity contribution < 1.29 is 9.50 Å². The molecule has 1 unspecified atom stereocenters. The number of hydrogen-bond donors (Lipinski definition) is 2. The summed E-state index contributed by atoms with van der Waals surface area (Å²) in [5.41, 5.74) is -0.0338. The van der Waals surface area contributed by atoms with Crippen LogP contribution in [0.1, 0.15) is 26.3 Å². The second kappa shape index (κ2) is 5.41. The lowest BCUT2D eigenvalue weighted by Gasteiger charge is -2.25. The van der Waals surface area contributed by atoms with Gasteiger partial charge in [-0.1, -0.05) is 26.0 Å². The lowest BCUT2D eigenvalue weighted by atomic mass is 9.96. The van der Waals surface area contributed by atoms with Gasteiger partial charge in [-0.05, 0) is 24.6 Å². The van der Waals surface area contributed by atoms with E-state index in [0.29, 0.717) is 19.0 Å². The first-order chi connectivity index (χ1) is 7.39. The van der Waals surface area contributed by atoms with Crippen molar-refractivity contribution in [2.45, 2.75) is 38.8 Å². The largest absolute Gasteiger partial charge is 0.389 e. The van der Waals surface area contributed by atoms with E-state index in [1.54, 1.807) is 13.0 Å². The van der Waals surface area contributed by atoms with Crippen molar-refractivity contribution in [2.75, 3.05) is 6.54 Å². The van der Waals surface area contributed by atoms with Crippen LogP contribution in [0.4, 0.5) is 4.39 Å². The summed E-state index contributed by atoms with van der Waals surface area (Å²) in [6, 6.07) is 6.69. The van der Waals surface area contributed by atoms with Gasteiger partial charge in [-0.3, -0.25) is 0 Å². The normalized spacial score (nSPS) is 15.1. The van der Waals surface area contributed by atoms with Gasteiger partial charge in [0.15, 0.2) is 0 Å². The summed E-state index contributed by atoms with van der Waals surface area (Å²) < 4.78 is 13.0. The van der Waals surface area contributed by atoms with Crippen LogP contribution in [0.25, 0.3) is 0 Å². The Morgan fingerprint density at radius 2 is 2.12 bits per heavy atom. The molecular weight excluding hydrogens is 205 g/mol. The van der Waals surface area contributed by atoms with Gasteiger partial charge in [-0.25, -0.2) is 4.39 Å². The molecule has 1 aromatic rings. The molecule has 90 valence electrons. The molecule has 0 aromatic heterocycles. The highest BCUT2D eigenvalue weighted by Crippen LogP contribution is 2.13. The van der Waals surface area contributed by atoms with Crippen LogP contribution in [0.3, 0.4) is 0 Å². The van der Waals surface area contributed by atoms with Crippen LogP contribution in [0.2, 0.25) is 0 Å². The second-order valence-electron chi connectivity index (χ2n) is 4.84. The van der Waals surface area contributed by atoms with Crippen LogP contribution in [0, 0.1) is 5.82 Å². The highest BCUT2D eigenvalue weighted by Gasteiger charge is 2.21. The van der Waals surface area contributed by atoms with Crippen LogP contribution in [-0.2, 0) is 6.42 Å². The lowest BCUT2D eigenvalue weighted by molar-refractivity contribution is 0.0581. The molecule has 0 fully saturated rings. The summed E-state index contributed by atoms with van der Waals surface area (Å²) in [6.07, 6.45) is 0.449. The maximum Gasteiger partial charge on any atom is 0.123 e. The molecule has 1 atom stereocenters. The summed E-state index contributed by atoms with van der Waals surface area (Å²) in [4.78, 5) is 0. The maximum absolute atomic E-state index is 13.0. The van der Waals surface area contributed by atoms with Crippen molar-refractivity contribution in [3.63, 3.8) is 0 Å². The first kappa shape index (κ1) is 13.1. The van der Waals surface area contributed by atoms with Gasteiger partial charge in [0.05, 0.1) is 5.60 Å². The molecule has 0 aliphatic rings. The van der Waals surface area contributed by atoms with E-state index in [4.69, 9.17) is 0 Å². The minimum Gasteiger partial charge on any atom is -0.389 e. The van der Waals surface area contributed by atoms with E-state index in [2.05, 4.69) is 5.32 Å². The summed E-state index contributed by atoms with van der Waals surface area (Å²) in [5, 5.41) is 13.3. The topological polar surface area (TPSA) is 32.3 Å². The molecule has 1 rings (SSSR count). The fraction of sp³-hybridized carbons (Fsp3) is 0.538. The number of hydrogen-bond acceptors (Lipinski definition) is 2. The van der Waals surface area contributed by atoms with E-state index in [1.807, 2.05) is 19.9 Å². The zero-order valence-electron chi connectivity index (χ0n) is 10.1. The van der Waals surface area contributed by atoms with Gasteiger partial charge in [0.2, 0.25) is 0 Å². The molecule has 3 heteroatoms. The third kappa shape index (κ3) is 4.73.